The minimum absolute atomic E-state index is 0.323. The molecular formula is C19H23N7O. The predicted molar refractivity (Wildman–Crippen MR) is 98.5 cm³/mol. The number of nitrogens with zero attached hydrogens (tertiary/aromatic N) is 7. The highest BCUT2D eigenvalue weighted by molar-refractivity contribution is 5.50. The molecule has 1 aliphatic heterocycles. The Morgan fingerprint density at radius 3 is 2.26 bits per heavy atom. The SMILES string of the molecule is Cc1nnc(C2C[C@@H](C)N(Cc3cnc(-c4cncnc4)nc3)[C@@H](C)C2)o1. The zero-order valence-corrected chi connectivity index (χ0v) is 15.8. The van der Waals surface area contributed by atoms with E-state index in [1.807, 2.05) is 19.3 Å². The number of hydrogen-bond acceptors (Lipinski definition) is 8. The molecule has 27 heavy (non-hydrogen) atoms. The van der Waals surface area contributed by atoms with Crippen LogP contribution in [0.15, 0.2) is 35.5 Å². The fourth-order valence-corrected chi connectivity index (χ4v) is 3.83. The van der Waals surface area contributed by atoms with Crippen LogP contribution in [0.25, 0.3) is 11.4 Å². The van der Waals surface area contributed by atoms with Crippen molar-refractivity contribution in [3.05, 3.63) is 48.5 Å². The molecule has 3 atom stereocenters. The van der Waals surface area contributed by atoms with Gasteiger partial charge in [0.05, 0.1) is 5.56 Å². The highest BCUT2D eigenvalue weighted by Gasteiger charge is 2.34. The lowest BCUT2D eigenvalue weighted by atomic mass is 9.87. The second-order valence-electron chi connectivity index (χ2n) is 7.24. The Labute approximate surface area is 158 Å². The van der Waals surface area contributed by atoms with Crippen LogP contribution >= 0.6 is 0 Å². The van der Waals surface area contributed by atoms with E-state index < -0.39 is 0 Å². The average Bonchev–Trinajstić information content (AvgIpc) is 3.12. The Bertz CT molecular complexity index is 869. The van der Waals surface area contributed by atoms with Crippen molar-refractivity contribution in [2.45, 2.75) is 58.2 Å². The Kier molecular flexibility index (Phi) is 4.89. The molecule has 3 aromatic rings. The monoisotopic (exact) mass is 365 g/mol. The fourth-order valence-electron chi connectivity index (χ4n) is 3.83. The van der Waals surface area contributed by atoms with Crippen molar-refractivity contribution in [3.63, 3.8) is 0 Å². The van der Waals surface area contributed by atoms with Gasteiger partial charge in [-0.25, -0.2) is 19.9 Å². The minimum Gasteiger partial charge on any atom is -0.425 e. The van der Waals surface area contributed by atoms with Crippen molar-refractivity contribution in [1.82, 2.24) is 35.0 Å². The standard InChI is InChI=1S/C19H23N7O/c1-12-4-16(19-25-24-14(3)27-19)5-13(2)26(12)10-15-6-22-18(23-7-15)17-8-20-11-21-9-17/h6-9,11-13,16H,4-5,10H2,1-3H3/t12-,13+,16?. The summed E-state index contributed by atoms with van der Waals surface area (Å²) < 4.78 is 5.66. The van der Waals surface area contributed by atoms with Crippen LogP contribution in [-0.2, 0) is 6.54 Å². The molecule has 0 N–H and O–H groups in total. The zero-order chi connectivity index (χ0) is 18.8. The second kappa shape index (κ2) is 7.48. The molecule has 0 aliphatic carbocycles. The Hall–Kier alpha value is -2.74. The molecular weight excluding hydrogens is 342 g/mol. The minimum atomic E-state index is 0.323. The van der Waals surface area contributed by atoms with Gasteiger partial charge in [-0.05, 0) is 26.7 Å². The highest BCUT2D eigenvalue weighted by Crippen LogP contribution is 2.35. The molecule has 140 valence electrons. The first-order valence-electron chi connectivity index (χ1n) is 9.22. The summed E-state index contributed by atoms with van der Waals surface area (Å²) in [6.07, 6.45) is 10.7. The van der Waals surface area contributed by atoms with Gasteiger partial charge >= 0.3 is 0 Å². The van der Waals surface area contributed by atoms with Crippen molar-refractivity contribution in [2.75, 3.05) is 0 Å². The number of likely N-dealkylation sites (tertiary alicyclic amines) is 1. The fraction of sp³-hybridized carbons (Fsp3) is 0.474. The maximum Gasteiger partial charge on any atom is 0.219 e. The van der Waals surface area contributed by atoms with Gasteiger partial charge in [0.25, 0.3) is 0 Å². The Morgan fingerprint density at radius 1 is 1.00 bits per heavy atom. The number of piperidine rings is 1. The van der Waals surface area contributed by atoms with Crippen LogP contribution < -0.4 is 0 Å². The summed E-state index contributed by atoms with van der Waals surface area (Å²) in [5.74, 6) is 2.37. The number of aromatic nitrogens is 6. The van der Waals surface area contributed by atoms with Crippen molar-refractivity contribution >= 4 is 0 Å². The Balaban J connectivity index is 1.43. The lowest BCUT2D eigenvalue weighted by molar-refractivity contribution is 0.0762. The smallest absolute Gasteiger partial charge is 0.219 e. The molecule has 0 aromatic carbocycles. The maximum atomic E-state index is 5.66. The summed E-state index contributed by atoms with van der Waals surface area (Å²) in [5, 5.41) is 8.20. The first kappa shape index (κ1) is 17.7. The van der Waals surface area contributed by atoms with E-state index >= 15 is 0 Å². The third-order valence-corrected chi connectivity index (χ3v) is 5.16. The summed E-state index contributed by atoms with van der Waals surface area (Å²) in [5.41, 5.74) is 1.92. The van der Waals surface area contributed by atoms with Gasteiger partial charge in [-0.2, -0.15) is 0 Å². The topological polar surface area (TPSA) is 93.7 Å². The summed E-state index contributed by atoms with van der Waals surface area (Å²) in [7, 11) is 0. The summed E-state index contributed by atoms with van der Waals surface area (Å²) in [6.45, 7) is 7.16. The van der Waals surface area contributed by atoms with Gasteiger partial charge in [-0.3, -0.25) is 4.90 Å². The van der Waals surface area contributed by atoms with E-state index in [-0.39, 0.29) is 0 Å². The largest absolute Gasteiger partial charge is 0.425 e. The van der Waals surface area contributed by atoms with E-state index in [0.29, 0.717) is 29.7 Å². The van der Waals surface area contributed by atoms with E-state index in [2.05, 4.69) is 48.9 Å². The number of aryl methyl sites for hydroxylation is 1. The Morgan fingerprint density at radius 2 is 1.67 bits per heavy atom. The van der Waals surface area contributed by atoms with Gasteiger partial charge in [0, 0.05) is 61.8 Å². The molecule has 8 heteroatoms. The van der Waals surface area contributed by atoms with Crippen LogP contribution in [0.5, 0.6) is 0 Å². The molecule has 1 fully saturated rings. The molecule has 1 saturated heterocycles. The molecule has 8 nitrogen and oxygen atoms in total. The maximum absolute atomic E-state index is 5.66. The van der Waals surface area contributed by atoms with E-state index in [9.17, 15) is 0 Å². The normalized spacial score (nSPS) is 23.4. The van der Waals surface area contributed by atoms with Gasteiger partial charge in [-0.15, -0.1) is 10.2 Å². The zero-order valence-electron chi connectivity index (χ0n) is 15.8. The van der Waals surface area contributed by atoms with Crippen LogP contribution in [0, 0.1) is 6.92 Å². The molecule has 0 amide bonds. The third-order valence-electron chi connectivity index (χ3n) is 5.16. The van der Waals surface area contributed by atoms with Gasteiger partial charge in [-0.1, -0.05) is 0 Å². The third kappa shape index (κ3) is 3.85. The van der Waals surface area contributed by atoms with Crippen LogP contribution in [0.4, 0.5) is 0 Å². The van der Waals surface area contributed by atoms with Crippen LogP contribution in [-0.4, -0.2) is 47.1 Å². The molecule has 0 saturated carbocycles. The first-order valence-corrected chi connectivity index (χ1v) is 9.22. The average molecular weight is 365 g/mol. The molecule has 3 aromatic heterocycles. The highest BCUT2D eigenvalue weighted by atomic mass is 16.4. The number of hydrogen-bond donors (Lipinski definition) is 0. The number of rotatable bonds is 4. The van der Waals surface area contributed by atoms with E-state index in [4.69, 9.17) is 4.42 Å². The van der Waals surface area contributed by atoms with Crippen molar-refractivity contribution in [2.24, 2.45) is 0 Å². The molecule has 1 unspecified atom stereocenters. The lowest BCUT2D eigenvalue weighted by Crippen LogP contribution is -2.45. The van der Waals surface area contributed by atoms with Gasteiger partial charge in [0.2, 0.25) is 11.8 Å². The molecule has 4 rings (SSSR count). The van der Waals surface area contributed by atoms with E-state index in [0.717, 1.165) is 36.4 Å². The van der Waals surface area contributed by atoms with E-state index in [1.54, 1.807) is 12.4 Å². The van der Waals surface area contributed by atoms with Crippen molar-refractivity contribution in [3.8, 4) is 11.4 Å². The molecule has 0 radical (unpaired) electrons. The van der Waals surface area contributed by atoms with Gasteiger partial charge < -0.3 is 4.42 Å². The van der Waals surface area contributed by atoms with Gasteiger partial charge in [0.15, 0.2) is 5.82 Å². The quantitative estimate of drug-likeness (QED) is 0.697. The summed E-state index contributed by atoms with van der Waals surface area (Å²) >= 11 is 0. The van der Waals surface area contributed by atoms with Crippen molar-refractivity contribution < 1.29 is 4.42 Å². The van der Waals surface area contributed by atoms with Crippen molar-refractivity contribution in [1.29, 1.82) is 0 Å². The van der Waals surface area contributed by atoms with Gasteiger partial charge in [0.1, 0.15) is 6.33 Å². The second-order valence-corrected chi connectivity index (χ2v) is 7.24. The first-order chi connectivity index (χ1) is 13.1. The van der Waals surface area contributed by atoms with Crippen LogP contribution in [0.2, 0.25) is 0 Å². The molecule has 0 spiro atoms. The molecule has 0 bridgehead atoms. The summed E-state index contributed by atoms with van der Waals surface area (Å²) in [6, 6.07) is 0.821. The lowest BCUT2D eigenvalue weighted by Gasteiger charge is -2.41. The molecule has 4 heterocycles. The van der Waals surface area contributed by atoms with Crippen LogP contribution in [0.3, 0.4) is 0 Å². The molecule has 1 aliphatic rings. The van der Waals surface area contributed by atoms with Crippen LogP contribution in [0.1, 0.15) is 50.0 Å². The predicted octanol–water partition coefficient (Wildman–Crippen LogP) is 2.78. The summed E-state index contributed by atoms with van der Waals surface area (Å²) in [4.78, 5) is 19.5. The van der Waals surface area contributed by atoms with E-state index in [1.165, 1.54) is 6.33 Å².